The highest BCUT2D eigenvalue weighted by Gasteiger charge is 2.32. The number of halogens is 1. The lowest BCUT2D eigenvalue weighted by atomic mass is 10.2. The maximum Gasteiger partial charge on any atom is 0.307 e. The first-order chi connectivity index (χ1) is 16.8. The Morgan fingerprint density at radius 1 is 1.29 bits per heavy atom. The van der Waals surface area contributed by atoms with Gasteiger partial charge >= 0.3 is 5.97 Å². The van der Waals surface area contributed by atoms with Crippen molar-refractivity contribution in [2.75, 3.05) is 53.2 Å². The number of morpholine rings is 1. The van der Waals surface area contributed by atoms with Crippen molar-refractivity contribution in [2.45, 2.75) is 19.8 Å². The molecule has 0 radical (unpaired) electrons. The predicted octanol–water partition coefficient (Wildman–Crippen LogP) is 3.24. The van der Waals surface area contributed by atoms with Crippen LogP contribution in [0.3, 0.4) is 0 Å². The van der Waals surface area contributed by atoms with Crippen molar-refractivity contribution in [3.8, 4) is 11.5 Å². The molecule has 0 spiro atoms. The molecule has 0 atom stereocenters. The summed E-state index contributed by atoms with van der Waals surface area (Å²) in [6.45, 7) is 4.42. The molecule has 1 aromatic rings. The molecule has 2 saturated heterocycles. The number of rotatable bonds is 10. The lowest BCUT2D eigenvalue weighted by Crippen LogP contribution is -2.43. The number of esters is 1. The molecule has 0 unspecified atom stereocenters. The van der Waals surface area contributed by atoms with E-state index in [1.165, 1.54) is 23.8 Å². The first-order valence-corrected chi connectivity index (χ1v) is 13.1. The molecule has 1 aromatic carbocycles. The summed E-state index contributed by atoms with van der Waals surface area (Å²) in [4.78, 5) is 40.6. The van der Waals surface area contributed by atoms with E-state index in [1.54, 1.807) is 23.1 Å². The van der Waals surface area contributed by atoms with Gasteiger partial charge in [0.2, 0.25) is 0 Å². The third kappa shape index (κ3) is 7.42. The summed E-state index contributed by atoms with van der Waals surface area (Å²) in [5.41, 5.74) is 0.684. The number of amides is 2. The summed E-state index contributed by atoms with van der Waals surface area (Å²) in [6, 6.07) is 3.49. The van der Waals surface area contributed by atoms with Gasteiger partial charge in [-0.3, -0.25) is 19.3 Å². The molecule has 190 valence electrons. The fraction of sp³-hybridized carbons (Fsp3) is 0.478. The number of hydrogen-bond acceptors (Lipinski definition) is 9. The van der Waals surface area contributed by atoms with Crippen molar-refractivity contribution < 1.29 is 33.3 Å². The maximum atomic E-state index is 12.9. The van der Waals surface area contributed by atoms with Crippen LogP contribution in [0.25, 0.3) is 6.08 Å². The van der Waals surface area contributed by atoms with E-state index in [-0.39, 0.29) is 37.4 Å². The Bertz CT molecular complexity index is 1010. The van der Waals surface area contributed by atoms with Gasteiger partial charge in [-0.05, 0) is 46.1 Å². The van der Waals surface area contributed by atoms with Crippen LogP contribution in [0.5, 0.6) is 11.5 Å². The number of methoxy groups -OCH3 is 1. The molecule has 35 heavy (non-hydrogen) atoms. The topological polar surface area (TPSA) is 94.6 Å². The Hall–Kier alpha value is -2.15. The van der Waals surface area contributed by atoms with Crippen LogP contribution in [0.15, 0.2) is 21.5 Å². The van der Waals surface area contributed by atoms with Crippen molar-refractivity contribution in [1.82, 2.24) is 9.80 Å². The van der Waals surface area contributed by atoms with Crippen LogP contribution in [-0.4, -0.2) is 85.1 Å². The minimum atomic E-state index is -0.360. The van der Waals surface area contributed by atoms with E-state index < -0.39 is 0 Å². The fourth-order valence-corrected chi connectivity index (χ4v) is 5.22. The molecule has 0 bridgehead atoms. The second-order valence-corrected chi connectivity index (χ2v) is 10.1. The van der Waals surface area contributed by atoms with Crippen LogP contribution >= 0.6 is 39.9 Å². The van der Waals surface area contributed by atoms with E-state index in [4.69, 9.17) is 31.2 Å². The summed E-state index contributed by atoms with van der Waals surface area (Å²) in [7, 11) is 1.50. The van der Waals surface area contributed by atoms with Crippen molar-refractivity contribution >= 4 is 68.1 Å². The van der Waals surface area contributed by atoms with Crippen LogP contribution in [0.4, 0.5) is 0 Å². The van der Waals surface area contributed by atoms with Crippen molar-refractivity contribution in [1.29, 1.82) is 0 Å². The number of benzene rings is 1. The monoisotopic (exact) mass is 586 g/mol. The van der Waals surface area contributed by atoms with E-state index in [0.717, 1.165) is 6.42 Å². The molecule has 0 N–H and O–H groups in total. The van der Waals surface area contributed by atoms with Gasteiger partial charge in [0.05, 0.1) is 42.7 Å². The van der Waals surface area contributed by atoms with E-state index in [2.05, 4.69) is 15.9 Å². The molecule has 9 nitrogen and oxygen atoms in total. The number of nitrogens with zero attached hydrogens (tertiary/aromatic N) is 2. The SMILES string of the molecule is CCCOC(=O)CCN1C(=O)/C(=C\c2cc(Br)c(OCC(=O)N3CCOCC3)c(OC)c2)SC1=S. The zero-order valence-electron chi connectivity index (χ0n) is 19.5. The Kier molecular flexibility index (Phi) is 10.4. The van der Waals surface area contributed by atoms with Crippen molar-refractivity contribution in [3.05, 3.63) is 27.1 Å². The largest absolute Gasteiger partial charge is 0.493 e. The summed E-state index contributed by atoms with van der Waals surface area (Å²) in [5.74, 6) is 0.0450. The minimum absolute atomic E-state index is 0.0777. The molecule has 2 fully saturated rings. The zero-order valence-corrected chi connectivity index (χ0v) is 22.8. The Balaban J connectivity index is 1.67. The van der Waals surface area contributed by atoms with Crippen LogP contribution in [0, 0.1) is 0 Å². The average molecular weight is 588 g/mol. The molecule has 12 heteroatoms. The number of thiocarbonyl (C=S) groups is 1. The highest BCUT2D eigenvalue weighted by Crippen LogP contribution is 2.39. The van der Waals surface area contributed by atoms with Gasteiger partial charge in [0, 0.05) is 19.6 Å². The van der Waals surface area contributed by atoms with Gasteiger partial charge < -0.3 is 23.8 Å². The van der Waals surface area contributed by atoms with Gasteiger partial charge in [0.25, 0.3) is 11.8 Å². The Morgan fingerprint density at radius 2 is 2.03 bits per heavy atom. The predicted molar refractivity (Wildman–Crippen MR) is 139 cm³/mol. The first-order valence-electron chi connectivity index (χ1n) is 11.1. The summed E-state index contributed by atoms with van der Waals surface area (Å²) >= 11 is 9.98. The van der Waals surface area contributed by atoms with Gasteiger partial charge in [0.1, 0.15) is 4.32 Å². The van der Waals surface area contributed by atoms with E-state index in [0.29, 0.717) is 63.7 Å². The molecule has 2 aliphatic heterocycles. The summed E-state index contributed by atoms with van der Waals surface area (Å²) in [5, 5.41) is 0. The van der Waals surface area contributed by atoms with Gasteiger partial charge in [-0.2, -0.15) is 0 Å². The highest BCUT2D eigenvalue weighted by atomic mass is 79.9. The maximum absolute atomic E-state index is 12.9. The molecule has 0 saturated carbocycles. The molecule has 2 heterocycles. The summed E-state index contributed by atoms with van der Waals surface area (Å²) < 4.78 is 22.5. The zero-order chi connectivity index (χ0) is 25.4. The average Bonchev–Trinajstić information content (AvgIpc) is 3.12. The second-order valence-electron chi connectivity index (χ2n) is 7.62. The number of ether oxygens (including phenoxy) is 4. The molecule has 0 aliphatic carbocycles. The highest BCUT2D eigenvalue weighted by molar-refractivity contribution is 9.10. The standard InChI is InChI=1S/C23H27BrN2O7S2/c1-3-8-32-20(28)4-5-26-22(29)18(35-23(26)34)13-15-11-16(24)21(17(12-15)30-2)33-14-19(27)25-6-9-31-10-7-25/h11-13H,3-10,14H2,1-2H3/b18-13+. The minimum Gasteiger partial charge on any atom is -0.493 e. The first kappa shape index (κ1) is 27.4. The smallest absolute Gasteiger partial charge is 0.307 e. The molecular weight excluding hydrogens is 560 g/mol. The summed E-state index contributed by atoms with van der Waals surface area (Å²) in [6.07, 6.45) is 2.52. The lowest BCUT2D eigenvalue weighted by molar-refractivity contribution is -0.144. The van der Waals surface area contributed by atoms with E-state index >= 15 is 0 Å². The molecule has 3 rings (SSSR count). The van der Waals surface area contributed by atoms with Gasteiger partial charge in [-0.25, -0.2) is 0 Å². The molecule has 0 aromatic heterocycles. The molecule has 2 aliphatic rings. The quantitative estimate of drug-likeness (QED) is 0.232. The van der Waals surface area contributed by atoms with Crippen LogP contribution in [0.2, 0.25) is 0 Å². The second kappa shape index (κ2) is 13.2. The number of carbonyl (C=O) groups excluding carboxylic acids is 3. The normalized spacial score (nSPS) is 17.2. The van der Waals surface area contributed by atoms with Gasteiger partial charge in [0.15, 0.2) is 18.1 Å². The third-order valence-electron chi connectivity index (χ3n) is 5.13. The van der Waals surface area contributed by atoms with Crippen LogP contribution in [-0.2, 0) is 23.9 Å². The number of thioether (sulfide) groups is 1. The van der Waals surface area contributed by atoms with E-state index in [9.17, 15) is 14.4 Å². The Labute approximate surface area is 222 Å². The number of carbonyl (C=O) groups is 3. The van der Waals surface area contributed by atoms with Crippen molar-refractivity contribution in [3.63, 3.8) is 0 Å². The van der Waals surface area contributed by atoms with Crippen molar-refractivity contribution in [2.24, 2.45) is 0 Å². The van der Waals surface area contributed by atoms with Crippen LogP contribution < -0.4 is 9.47 Å². The van der Waals surface area contributed by atoms with Crippen LogP contribution in [0.1, 0.15) is 25.3 Å². The Morgan fingerprint density at radius 3 is 2.71 bits per heavy atom. The molecule has 2 amide bonds. The van der Waals surface area contributed by atoms with Gasteiger partial charge in [-0.15, -0.1) is 0 Å². The lowest BCUT2D eigenvalue weighted by Gasteiger charge is -2.27. The number of hydrogen-bond donors (Lipinski definition) is 0. The fourth-order valence-electron chi connectivity index (χ4n) is 3.34. The van der Waals surface area contributed by atoms with E-state index in [1.807, 2.05) is 6.92 Å². The van der Waals surface area contributed by atoms with Gasteiger partial charge in [-0.1, -0.05) is 30.9 Å². The third-order valence-corrected chi connectivity index (χ3v) is 7.10. The molecular formula is C23H27BrN2O7S2.